The van der Waals surface area contributed by atoms with Gasteiger partial charge in [-0.2, -0.15) is 0 Å². The maximum absolute atomic E-state index is 13.3. The van der Waals surface area contributed by atoms with Gasteiger partial charge in [-0.25, -0.2) is 4.79 Å². The van der Waals surface area contributed by atoms with E-state index in [1.807, 2.05) is 45.9 Å². The van der Waals surface area contributed by atoms with Crippen LogP contribution in [0.4, 0.5) is 4.79 Å². The van der Waals surface area contributed by atoms with Crippen molar-refractivity contribution in [3.63, 3.8) is 0 Å². The van der Waals surface area contributed by atoms with Gasteiger partial charge in [0.15, 0.2) is 0 Å². The summed E-state index contributed by atoms with van der Waals surface area (Å²) in [7, 11) is 1.66. The highest BCUT2D eigenvalue weighted by atomic mass is 16.2. The molecular formula is C22H30N4O3. The molecule has 0 radical (unpaired) electrons. The third-order valence-electron chi connectivity index (χ3n) is 5.66. The van der Waals surface area contributed by atoms with E-state index < -0.39 is 12.1 Å². The summed E-state index contributed by atoms with van der Waals surface area (Å²) >= 11 is 0. The quantitative estimate of drug-likeness (QED) is 0.798. The second-order valence-electron chi connectivity index (χ2n) is 8.41. The van der Waals surface area contributed by atoms with Crippen molar-refractivity contribution in [3.05, 3.63) is 46.2 Å². The number of amides is 4. The first-order chi connectivity index (χ1) is 13.6. The molecule has 2 heterocycles. The van der Waals surface area contributed by atoms with Crippen molar-refractivity contribution in [3.8, 4) is 0 Å². The van der Waals surface area contributed by atoms with E-state index in [0.717, 1.165) is 16.7 Å². The number of urea groups is 1. The summed E-state index contributed by atoms with van der Waals surface area (Å²) in [5.74, 6) is -0.0606. The zero-order valence-corrected chi connectivity index (χ0v) is 18.0. The average Bonchev–Trinajstić information content (AvgIpc) is 3.00. The molecule has 7 heteroatoms. The van der Waals surface area contributed by atoms with Crippen molar-refractivity contribution < 1.29 is 14.4 Å². The fraction of sp³-hybridized carbons (Fsp3) is 0.500. The Hall–Kier alpha value is -2.83. The lowest BCUT2D eigenvalue weighted by molar-refractivity contribution is -0.135. The lowest BCUT2D eigenvalue weighted by Crippen LogP contribution is -2.47. The third kappa shape index (κ3) is 3.86. The number of likely N-dealkylation sites (N-methyl/N-ethyl adjacent to an activating group) is 1. The van der Waals surface area contributed by atoms with Crippen LogP contribution in [0.5, 0.6) is 0 Å². The number of benzene rings is 1. The van der Waals surface area contributed by atoms with Gasteiger partial charge in [0.2, 0.25) is 5.91 Å². The molecule has 0 saturated heterocycles. The van der Waals surface area contributed by atoms with Crippen molar-refractivity contribution in [2.45, 2.75) is 46.7 Å². The summed E-state index contributed by atoms with van der Waals surface area (Å²) in [4.78, 5) is 41.5. The molecule has 7 nitrogen and oxygen atoms in total. The van der Waals surface area contributed by atoms with Crippen LogP contribution in [-0.4, -0.2) is 53.8 Å². The summed E-state index contributed by atoms with van der Waals surface area (Å²) in [5.41, 5.74) is 4.24. The Bertz CT molecular complexity index is 890. The van der Waals surface area contributed by atoms with Gasteiger partial charge in [-0.05, 0) is 37.8 Å². The van der Waals surface area contributed by atoms with Gasteiger partial charge >= 0.3 is 6.03 Å². The summed E-state index contributed by atoms with van der Waals surface area (Å²) < 4.78 is 0. The minimum atomic E-state index is -0.616. The zero-order chi connectivity index (χ0) is 21.5. The predicted octanol–water partition coefficient (Wildman–Crippen LogP) is 2.26. The van der Waals surface area contributed by atoms with Crippen LogP contribution >= 0.6 is 0 Å². The molecule has 29 heavy (non-hydrogen) atoms. The van der Waals surface area contributed by atoms with Crippen LogP contribution < -0.4 is 10.6 Å². The highest BCUT2D eigenvalue weighted by Gasteiger charge is 2.45. The van der Waals surface area contributed by atoms with E-state index in [2.05, 4.69) is 10.6 Å². The van der Waals surface area contributed by atoms with Crippen LogP contribution in [0.2, 0.25) is 0 Å². The van der Waals surface area contributed by atoms with Gasteiger partial charge in [-0.15, -0.1) is 0 Å². The zero-order valence-electron chi connectivity index (χ0n) is 18.0. The molecular weight excluding hydrogens is 368 g/mol. The topological polar surface area (TPSA) is 81.8 Å². The Morgan fingerprint density at radius 1 is 1.24 bits per heavy atom. The van der Waals surface area contributed by atoms with E-state index in [1.54, 1.807) is 18.9 Å². The SMILES string of the molecule is Cc1ccc([C@H]2NC(=O)N(C)C3=C2C(=O)N([C@@H](C)C(=O)NCC(C)C)C3)c(C)c1. The maximum atomic E-state index is 13.3. The lowest BCUT2D eigenvalue weighted by Gasteiger charge is -2.31. The van der Waals surface area contributed by atoms with Gasteiger partial charge in [-0.1, -0.05) is 37.6 Å². The molecule has 0 unspecified atom stereocenters. The number of nitrogens with one attached hydrogen (secondary N) is 2. The van der Waals surface area contributed by atoms with Crippen molar-refractivity contribution in [1.29, 1.82) is 0 Å². The molecule has 156 valence electrons. The van der Waals surface area contributed by atoms with Crippen LogP contribution in [0.3, 0.4) is 0 Å². The largest absolute Gasteiger partial charge is 0.354 e. The minimum Gasteiger partial charge on any atom is -0.354 e. The van der Waals surface area contributed by atoms with Gasteiger partial charge in [0.25, 0.3) is 5.91 Å². The number of rotatable bonds is 5. The van der Waals surface area contributed by atoms with E-state index >= 15 is 0 Å². The van der Waals surface area contributed by atoms with Crippen molar-refractivity contribution in [2.24, 2.45) is 5.92 Å². The molecule has 4 amide bonds. The molecule has 0 bridgehead atoms. The van der Waals surface area contributed by atoms with E-state index in [9.17, 15) is 14.4 Å². The van der Waals surface area contributed by atoms with E-state index in [0.29, 0.717) is 23.7 Å². The third-order valence-corrected chi connectivity index (χ3v) is 5.66. The molecule has 2 atom stereocenters. The summed E-state index contributed by atoms with van der Waals surface area (Å²) in [6, 6.07) is 4.60. The normalized spacial score (nSPS) is 20.2. The van der Waals surface area contributed by atoms with Crippen LogP contribution in [0.25, 0.3) is 0 Å². The summed E-state index contributed by atoms with van der Waals surface area (Å²) in [5, 5.41) is 5.85. The Balaban J connectivity index is 1.92. The van der Waals surface area contributed by atoms with E-state index in [4.69, 9.17) is 0 Å². The predicted molar refractivity (Wildman–Crippen MR) is 111 cm³/mol. The highest BCUT2D eigenvalue weighted by Crippen LogP contribution is 2.37. The highest BCUT2D eigenvalue weighted by molar-refractivity contribution is 6.03. The number of nitrogens with zero attached hydrogens (tertiary/aromatic N) is 2. The van der Waals surface area contributed by atoms with Crippen molar-refractivity contribution >= 4 is 17.8 Å². The van der Waals surface area contributed by atoms with Crippen LogP contribution in [0, 0.1) is 19.8 Å². The van der Waals surface area contributed by atoms with Gasteiger partial charge < -0.3 is 15.5 Å². The molecule has 2 aliphatic rings. The lowest BCUT2D eigenvalue weighted by atomic mass is 9.91. The Morgan fingerprint density at radius 2 is 1.93 bits per heavy atom. The summed E-state index contributed by atoms with van der Waals surface area (Å²) in [6.45, 7) is 10.6. The second-order valence-corrected chi connectivity index (χ2v) is 8.41. The van der Waals surface area contributed by atoms with E-state index in [1.165, 1.54) is 4.90 Å². The first-order valence-electron chi connectivity index (χ1n) is 10.0. The molecule has 0 fully saturated rings. The molecule has 0 saturated carbocycles. The molecule has 1 aromatic carbocycles. The molecule has 1 aromatic rings. The Labute approximate surface area is 172 Å². The van der Waals surface area contributed by atoms with Crippen molar-refractivity contribution in [1.82, 2.24) is 20.4 Å². The molecule has 0 spiro atoms. The standard InChI is InChI=1S/C22H30N4O3/c1-12(2)10-23-20(27)15(5)26-11-17-18(21(26)28)19(24-22(29)25(17)6)16-8-7-13(3)9-14(16)4/h7-9,12,15,19H,10-11H2,1-6H3,(H,23,27)(H,24,29)/t15-,19+/m0/s1. The van der Waals surface area contributed by atoms with Crippen molar-refractivity contribution in [2.75, 3.05) is 20.1 Å². The number of carbonyl (C=O) groups is 3. The number of carbonyl (C=O) groups excluding carboxylic acids is 3. The molecule has 0 aliphatic carbocycles. The second kappa shape index (κ2) is 7.89. The average molecular weight is 399 g/mol. The Morgan fingerprint density at radius 3 is 2.55 bits per heavy atom. The van der Waals surface area contributed by atoms with Crippen LogP contribution in [-0.2, 0) is 9.59 Å². The fourth-order valence-corrected chi connectivity index (χ4v) is 3.88. The maximum Gasteiger partial charge on any atom is 0.322 e. The number of aryl methyl sites for hydroxylation is 2. The first kappa shape index (κ1) is 20.9. The first-order valence-corrected chi connectivity index (χ1v) is 10.0. The fourth-order valence-electron chi connectivity index (χ4n) is 3.88. The van der Waals surface area contributed by atoms with Gasteiger partial charge in [0.05, 0.1) is 23.9 Å². The monoisotopic (exact) mass is 398 g/mol. The molecule has 2 N–H and O–H groups in total. The Kier molecular flexibility index (Phi) is 5.68. The smallest absolute Gasteiger partial charge is 0.322 e. The van der Waals surface area contributed by atoms with Crippen LogP contribution in [0.1, 0.15) is 43.5 Å². The molecule has 2 aliphatic heterocycles. The number of hydrogen-bond donors (Lipinski definition) is 2. The minimum absolute atomic E-state index is 0.183. The van der Waals surface area contributed by atoms with Gasteiger partial charge in [0, 0.05) is 13.6 Å². The molecule has 0 aromatic heterocycles. The number of hydrogen-bond acceptors (Lipinski definition) is 3. The van der Waals surface area contributed by atoms with Gasteiger partial charge in [0.1, 0.15) is 6.04 Å². The molecule has 3 rings (SSSR count). The van der Waals surface area contributed by atoms with Gasteiger partial charge in [-0.3, -0.25) is 14.5 Å². The van der Waals surface area contributed by atoms with Crippen LogP contribution in [0.15, 0.2) is 29.5 Å². The van der Waals surface area contributed by atoms with E-state index in [-0.39, 0.29) is 24.4 Å². The summed E-state index contributed by atoms with van der Waals surface area (Å²) in [6.07, 6.45) is 0.